The molecule has 0 spiro atoms. The Morgan fingerprint density at radius 2 is 1.85 bits per heavy atom. The quantitative estimate of drug-likeness (QED) is 0.509. The van der Waals surface area contributed by atoms with E-state index in [1.54, 1.807) is 10.9 Å². The van der Waals surface area contributed by atoms with E-state index in [-0.39, 0.29) is 0 Å². The molecule has 1 heterocycles. The van der Waals surface area contributed by atoms with E-state index in [1.165, 1.54) is 0 Å². The van der Waals surface area contributed by atoms with Crippen LogP contribution in [0.1, 0.15) is 5.56 Å². The summed E-state index contributed by atoms with van der Waals surface area (Å²) in [5, 5.41) is 11.9. The van der Waals surface area contributed by atoms with Crippen LogP contribution in [0.4, 0.5) is 5.69 Å². The topological polar surface area (TPSA) is 49.2 Å². The highest BCUT2D eigenvalue weighted by Crippen LogP contribution is 2.21. The van der Waals surface area contributed by atoms with E-state index in [9.17, 15) is 0 Å². The predicted octanol–water partition coefficient (Wildman–Crippen LogP) is 4.79. The van der Waals surface area contributed by atoms with Crippen molar-refractivity contribution in [3.05, 3.63) is 70.0 Å². The number of nitrogens with one attached hydrogen (secondary N) is 1. The van der Waals surface area contributed by atoms with Gasteiger partial charge in [0, 0.05) is 25.3 Å². The molecule has 0 amide bonds. The zero-order valence-electron chi connectivity index (χ0n) is 14.4. The van der Waals surface area contributed by atoms with Gasteiger partial charge in [0.15, 0.2) is 5.82 Å². The summed E-state index contributed by atoms with van der Waals surface area (Å²) in [6.45, 7) is 0. The zero-order valence-corrected chi connectivity index (χ0v) is 16.0. The minimum atomic E-state index is 0.400. The van der Waals surface area contributed by atoms with E-state index >= 15 is 0 Å². The second kappa shape index (κ2) is 8.12. The van der Waals surface area contributed by atoms with Crippen molar-refractivity contribution in [1.29, 1.82) is 0 Å². The van der Waals surface area contributed by atoms with Crippen molar-refractivity contribution in [2.24, 2.45) is 5.10 Å². The fourth-order valence-corrected chi connectivity index (χ4v) is 2.70. The molecule has 0 saturated carbocycles. The molecule has 0 radical (unpaired) electrons. The summed E-state index contributed by atoms with van der Waals surface area (Å²) >= 11 is 11.5. The Labute approximate surface area is 162 Å². The molecule has 0 saturated heterocycles. The maximum absolute atomic E-state index is 6.27. The summed E-state index contributed by atoms with van der Waals surface area (Å²) in [7, 11) is 3.99. The number of allylic oxidation sites excluding steroid dienone is 1. The van der Waals surface area contributed by atoms with Crippen molar-refractivity contribution in [1.82, 2.24) is 14.9 Å². The highest BCUT2D eigenvalue weighted by molar-refractivity contribution is 7.71. The first kappa shape index (κ1) is 18.1. The third kappa shape index (κ3) is 4.28. The first-order valence-corrected chi connectivity index (χ1v) is 8.75. The van der Waals surface area contributed by atoms with E-state index in [0.29, 0.717) is 15.6 Å². The third-order valence-corrected chi connectivity index (χ3v) is 4.16. The number of H-pyrrole nitrogens is 1. The molecule has 132 valence electrons. The predicted molar refractivity (Wildman–Crippen MR) is 111 cm³/mol. The minimum Gasteiger partial charge on any atom is -0.378 e. The van der Waals surface area contributed by atoms with Crippen LogP contribution in [0, 0.1) is 4.77 Å². The van der Waals surface area contributed by atoms with Gasteiger partial charge >= 0.3 is 0 Å². The molecule has 0 aliphatic heterocycles. The molecular formula is C19H18ClN5S. The Morgan fingerprint density at radius 1 is 1.15 bits per heavy atom. The molecule has 1 N–H and O–H groups in total. The van der Waals surface area contributed by atoms with Gasteiger partial charge in [0.2, 0.25) is 4.77 Å². The maximum atomic E-state index is 6.27. The van der Waals surface area contributed by atoms with Gasteiger partial charge in [-0.05, 0) is 48.1 Å². The SMILES string of the molecule is CN(C)c1ccc(-c2n[nH]c(=S)n2N=CC(Cl)=Cc2ccccc2)cc1. The summed E-state index contributed by atoms with van der Waals surface area (Å²) in [5.41, 5.74) is 3.01. The van der Waals surface area contributed by atoms with Crippen LogP contribution >= 0.6 is 23.8 Å². The molecule has 0 aliphatic rings. The summed E-state index contributed by atoms with van der Waals surface area (Å²) < 4.78 is 1.96. The second-order valence-electron chi connectivity index (χ2n) is 5.79. The van der Waals surface area contributed by atoms with Crippen LogP contribution < -0.4 is 4.90 Å². The van der Waals surface area contributed by atoms with Gasteiger partial charge in [0.1, 0.15) is 0 Å². The number of benzene rings is 2. The van der Waals surface area contributed by atoms with Crippen molar-refractivity contribution in [3.8, 4) is 11.4 Å². The van der Waals surface area contributed by atoms with Gasteiger partial charge in [-0.25, -0.2) is 5.10 Å². The van der Waals surface area contributed by atoms with Gasteiger partial charge < -0.3 is 4.90 Å². The maximum Gasteiger partial charge on any atom is 0.216 e. The summed E-state index contributed by atoms with van der Waals surface area (Å²) in [6, 6.07) is 17.8. The van der Waals surface area contributed by atoms with Gasteiger partial charge in [-0.3, -0.25) is 0 Å². The van der Waals surface area contributed by atoms with Crippen LogP contribution in [0.5, 0.6) is 0 Å². The number of aromatic amines is 1. The first-order chi connectivity index (χ1) is 12.5. The van der Waals surface area contributed by atoms with E-state index in [2.05, 4.69) is 15.3 Å². The van der Waals surface area contributed by atoms with Gasteiger partial charge in [0.25, 0.3) is 0 Å². The number of hydrogen-bond acceptors (Lipinski definition) is 4. The number of aromatic nitrogens is 3. The van der Waals surface area contributed by atoms with Crippen molar-refractivity contribution in [3.63, 3.8) is 0 Å². The van der Waals surface area contributed by atoms with Crippen LogP contribution in [0.15, 0.2) is 64.7 Å². The first-order valence-electron chi connectivity index (χ1n) is 7.96. The normalized spacial score (nSPS) is 11.9. The Hall–Kier alpha value is -2.70. The second-order valence-corrected chi connectivity index (χ2v) is 6.61. The standard InChI is InChI=1S/C19H18ClN5S/c1-24(2)17-10-8-15(9-11-17)18-22-23-19(26)25(18)21-13-16(20)12-14-6-4-3-5-7-14/h3-13H,1-2H3,(H,23,26). The lowest BCUT2D eigenvalue weighted by molar-refractivity contribution is 0.872. The average molecular weight is 384 g/mol. The Kier molecular flexibility index (Phi) is 5.65. The molecular weight excluding hydrogens is 366 g/mol. The van der Waals surface area contributed by atoms with Crippen LogP contribution in [-0.2, 0) is 0 Å². The monoisotopic (exact) mass is 383 g/mol. The molecule has 0 atom stereocenters. The molecule has 0 aliphatic carbocycles. The molecule has 26 heavy (non-hydrogen) atoms. The number of hydrogen-bond donors (Lipinski definition) is 1. The van der Waals surface area contributed by atoms with Gasteiger partial charge in [-0.15, -0.1) is 0 Å². The van der Waals surface area contributed by atoms with Gasteiger partial charge in [0.05, 0.1) is 11.2 Å². The highest BCUT2D eigenvalue weighted by Gasteiger charge is 2.08. The fourth-order valence-electron chi connectivity index (χ4n) is 2.35. The van der Waals surface area contributed by atoms with Crippen LogP contribution in [0.2, 0.25) is 0 Å². The number of halogens is 1. The minimum absolute atomic E-state index is 0.400. The summed E-state index contributed by atoms with van der Waals surface area (Å²) in [5.74, 6) is 0.626. The summed E-state index contributed by atoms with van der Waals surface area (Å²) in [4.78, 5) is 2.03. The average Bonchev–Trinajstić information content (AvgIpc) is 3.01. The lowest BCUT2D eigenvalue weighted by Crippen LogP contribution is -2.08. The Bertz CT molecular complexity index is 985. The molecule has 0 unspecified atom stereocenters. The van der Waals surface area contributed by atoms with E-state index in [4.69, 9.17) is 23.8 Å². The molecule has 3 aromatic rings. The Balaban J connectivity index is 1.88. The van der Waals surface area contributed by atoms with Crippen molar-refractivity contribution in [2.75, 3.05) is 19.0 Å². The van der Waals surface area contributed by atoms with Crippen LogP contribution in [0.25, 0.3) is 17.5 Å². The third-order valence-electron chi connectivity index (χ3n) is 3.69. The van der Waals surface area contributed by atoms with Crippen molar-refractivity contribution < 1.29 is 0 Å². The van der Waals surface area contributed by atoms with Gasteiger partial charge in [-0.1, -0.05) is 41.9 Å². The van der Waals surface area contributed by atoms with E-state index in [1.807, 2.05) is 79.7 Å². The Morgan fingerprint density at radius 3 is 2.50 bits per heavy atom. The molecule has 2 aromatic carbocycles. The lowest BCUT2D eigenvalue weighted by atomic mass is 10.2. The van der Waals surface area contributed by atoms with Crippen LogP contribution in [0.3, 0.4) is 0 Å². The smallest absolute Gasteiger partial charge is 0.216 e. The number of anilines is 1. The van der Waals surface area contributed by atoms with E-state index < -0.39 is 0 Å². The zero-order chi connectivity index (χ0) is 18.5. The van der Waals surface area contributed by atoms with Crippen molar-refractivity contribution >= 4 is 41.8 Å². The number of nitrogens with zero attached hydrogens (tertiary/aromatic N) is 4. The van der Waals surface area contributed by atoms with Crippen LogP contribution in [-0.4, -0.2) is 35.2 Å². The van der Waals surface area contributed by atoms with E-state index in [0.717, 1.165) is 16.8 Å². The number of rotatable bonds is 5. The largest absolute Gasteiger partial charge is 0.378 e. The molecule has 0 fully saturated rings. The molecule has 1 aromatic heterocycles. The molecule has 7 heteroatoms. The molecule has 3 rings (SSSR count). The highest BCUT2D eigenvalue weighted by atomic mass is 35.5. The fraction of sp³-hybridized carbons (Fsp3) is 0.105. The molecule has 5 nitrogen and oxygen atoms in total. The van der Waals surface area contributed by atoms with Gasteiger partial charge in [-0.2, -0.15) is 14.9 Å². The summed E-state index contributed by atoms with van der Waals surface area (Å²) in [6.07, 6.45) is 3.39. The lowest BCUT2D eigenvalue weighted by Gasteiger charge is -2.12. The van der Waals surface area contributed by atoms with Crippen molar-refractivity contribution in [2.45, 2.75) is 0 Å². The molecule has 0 bridgehead atoms.